The van der Waals surface area contributed by atoms with Crippen molar-refractivity contribution in [2.24, 2.45) is 0 Å². The van der Waals surface area contributed by atoms with Crippen LogP contribution in [0, 0.1) is 0 Å². The molecule has 166 valence electrons. The van der Waals surface area contributed by atoms with Crippen LogP contribution in [0.2, 0.25) is 0 Å². The number of hydrogen-bond acceptors (Lipinski definition) is 7. The Balaban J connectivity index is 1.72. The third kappa shape index (κ3) is 5.22. The van der Waals surface area contributed by atoms with E-state index in [1.807, 2.05) is 60.7 Å². The first-order valence-corrected chi connectivity index (χ1v) is 9.99. The molecule has 1 aromatic heterocycles. The maximum Gasteiger partial charge on any atom is 0.347 e. The third-order valence-corrected chi connectivity index (χ3v) is 4.85. The molecule has 0 aliphatic heterocycles. The van der Waals surface area contributed by atoms with Crippen molar-refractivity contribution in [1.29, 1.82) is 0 Å². The van der Waals surface area contributed by atoms with Crippen LogP contribution in [0.5, 0.6) is 11.5 Å². The number of aromatic hydroxyl groups is 1. The number of benzene rings is 2. The van der Waals surface area contributed by atoms with E-state index < -0.39 is 23.7 Å². The lowest BCUT2D eigenvalue weighted by molar-refractivity contribution is -0.193. The summed E-state index contributed by atoms with van der Waals surface area (Å²) < 4.78 is 4.98. The van der Waals surface area contributed by atoms with Crippen LogP contribution in [0.1, 0.15) is 34.6 Å². The molecule has 2 N–H and O–H groups in total. The molecule has 0 radical (unpaired) electrons. The fraction of sp³-hybridized carbons (Fsp3) is 0.208. The van der Waals surface area contributed by atoms with E-state index in [1.54, 1.807) is 7.05 Å². The highest BCUT2D eigenvalue weighted by Crippen LogP contribution is 2.29. The maximum absolute atomic E-state index is 12.7. The van der Waals surface area contributed by atoms with E-state index in [2.05, 4.69) is 10.3 Å². The third-order valence-electron chi connectivity index (χ3n) is 4.85. The van der Waals surface area contributed by atoms with Crippen LogP contribution < -0.4 is 10.1 Å². The topological polar surface area (TPSA) is 101 Å². The Kier molecular flexibility index (Phi) is 7.41. The second-order valence-corrected chi connectivity index (χ2v) is 7.09. The zero-order valence-electron chi connectivity index (χ0n) is 18.1. The van der Waals surface area contributed by atoms with Gasteiger partial charge in [0.25, 0.3) is 5.91 Å². The predicted octanol–water partition coefficient (Wildman–Crippen LogP) is 3.09. The van der Waals surface area contributed by atoms with Crippen LogP contribution in [0.4, 0.5) is 0 Å². The van der Waals surface area contributed by atoms with Gasteiger partial charge in [-0.15, -0.1) is 5.06 Å². The molecule has 3 aromatic rings. The molecule has 0 aliphatic carbocycles. The molecule has 8 heteroatoms. The van der Waals surface area contributed by atoms with Gasteiger partial charge in [0.1, 0.15) is 6.04 Å². The van der Waals surface area contributed by atoms with Gasteiger partial charge in [-0.25, -0.2) is 9.78 Å². The molecule has 0 fully saturated rings. The van der Waals surface area contributed by atoms with E-state index in [0.29, 0.717) is 0 Å². The smallest absolute Gasteiger partial charge is 0.347 e. The van der Waals surface area contributed by atoms with Gasteiger partial charge < -0.3 is 20.0 Å². The van der Waals surface area contributed by atoms with Gasteiger partial charge in [-0.1, -0.05) is 60.7 Å². The fourth-order valence-corrected chi connectivity index (χ4v) is 3.25. The van der Waals surface area contributed by atoms with Crippen molar-refractivity contribution in [2.75, 3.05) is 14.2 Å². The molecule has 1 unspecified atom stereocenters. The molecule has 1 amide bonds. The summed E-state index contributed by atoms with van der Waals surface area (Å²) in [5.74, 6) is -1.69. The van der Waals surface area contributed by atoms with E-state index in [-0.39, 0.29) is 17.5 Å². The number of pyridine rings is 1. The zero-order chi connectivity index (χ0) is 23.1. The van der Waals surface area contributed by atoms with E-state index in [1.165, 1.54) is 31.4 Å². The Morgan fingerprint density at radius 1 is 1.00 bits per heavy atom. The van der Waals surface area contributed by atoms with Crippen molar-refractivity contribution in [3.8, 4) is 11.5 Å². The number of methoxy groups -OCH3 is 1. The Morgan fingerprint density at radius 2 is 1.56 bits per heavy atom. The van der Waals surface area contributed by atoms with Gasteiger partial charge in [0.15, 0.2) is 17.2 Å². The summed E-state index contributed by atoms with van der Waals surface area (Å²) in [5.41, 5.74) is 1.64. The number of nitrogens with zero attached hydrogens (tertiary/aromatic N) is 2. The second-order valence-electron chi connectivity index (χ2n) is 7.09. The van der Waals surface area contributed by atoms with Gasteiger partial charge in [0.05, 0.1) is 13.2 Å². The van der Waals surface area contributed by atoms with Crippen molar-refractivity contribution in [2.45, 2.75) is 19.0 Å². The summed E-state index contributed by atoms with van der Waals surface area (Å²) in [5, 5.41) is 14.1. The van der Waals surface area contributed by atoms with Crippen LogP contribution in [0.3, 0.4) is 0 Å². The summed E-state index contributed by atoms with van der Waals surface area (Å²) >= 11 is 0. The highest BCUT2D eigenvalue weighted by atomic mass is 16.7. The Bertz CT molecular complexity index is 1020. The first-order chi connectivity index (χ1) is 15.4. The number of rotatable bonds is 8. The lowest BCUT2D eigenvalue weighted by Crippen LogP contribution is -2.42. The maximum atomic E-state index is 12.7. The fourth-order valence-electron chi connectivity index (χ4n) is 3.25. The van der Waals surface area contributed by atoms with Gasteiger partial charge in [-0.2, -0.15) is 0 Å². The van der Waals surface area contributed by atoms with Gasteiger partial charge in [-0.3, -0.25) is 4.79 Å². The summed E-state index contributed by atoms with van der Waals surface area (Å²) in [6.07, 6.45) is 1.33. The average molecular weight is 435 g/mol. The van der Waals surface area contributed by atoms with Crippen molar-refractivity contribution in [3.05, 3.63) is 89.7 Å². The SMILES string of the molecule is COc1ccnc(C(=O)NC(C)C(=O)ON(C)C(c2ccccc2)c2ccccc2)c1O. The highest BCUT2D eigenvalue weighted by molar-refractivity contribution is 5.97. The number of carbonyl (C=O) groups is 2. The van der Waals surface area contributed by atoms with Crippen LogP contribution >= 0.6 is 0 Å². The van der Waals surface area contributed by atoms with Crippen molar-refractivity contribution < 1.29 is 24.3 Å². The van der Waals surface area contributed by atoms with Gasteiger partial charge in [0, 0.05) is 19.3 Å². The predicted molar refractivity (Wildman–Crippen MR) is 118 cm³/mol. The molecule has 2 aromatic carbocycles. The normalized spacial score (nSPS) is 11.8. The summed E-state index contributed by atoms with van der Waals surface area (Å²) in [7, 11) is 3.02. The quantitative estimate of drug-likeness (QED) is 0.524. The monoisotopic (exact) mass is 435 g/mol. The molecule has 0 saturated carbocycles. The largest absolute Gasteiger partial charge is 0.503 e. The first kappa shape index (κ1) is 22.8. The van der Waals surface area contributed by atoms with Crippen molar-refractivity contribution in [1.82, 2.24) is 15.4 Å². The van der Waals surface area contributed by atoms with E-state index in [9.17, 15) is 14.7 Å². The molecule has 1 heterocycles. The van der Waals surface area contributed by atoms with Crippen molar-refractivity contribution in [3.63, 3.8) is 0 Å². The Morgan fingerprint density at radius 3 is 2.09 bits per heavy atom. The zero-order valence-corrected chi connectivity index (χ0v) is 18.1. The second kappa shape index (κ2) is 10.4. The van der Waals surface area contributed by atoms with Crippen LogP contribution in [0.25, 0.3) is 0 Å². The summed E-state index contributed by atoms with van der Waals surface area (Å²) in [4.78, 5) is 34.6. The first-order valence-electron chi connectivity index (χ1n) is 9.99. The van der Waals surface area contributed by atoms with Crippen molar-refractivity contribution >= 4 is 11.9 Å². The number of aromatic nitrogens is 1. The van der Waals surface area contributed by atoms with Gasteiger partial charge >= 0.3 is 5.97 Å². The van der Waals surface area contributed by atoms with Gasteiger partial charge in [-0.05, 0) is 18.1 Å². The highest BCUT2D eigenvalue weighted by Gasteiger charge is 2.27. The van der Waals surface area contributed by atoms with E-state index in [4.69, 9.17) is 9.57 Å². The molecule has 8 nitrogen and oxygen atoms in total. The Labute approximate surface area is 186 Å². The average Bonchev–Trinajstić information content (AvgIpc) is 2.80. The molecular weight excluding hydrogens is 410 g/mol. The lowest BCUT2D eigenvalue weighted by atomic mass is 9.99. The van der Waals surface area contributed by atoms with Crippen LogP contribution in [-0.2, 0) is 9.63 Å². The number of carbonyl (C=O) groups excluding carboxylic acids is 2. The number of hydrogen-bond donors (Lipinski definition) is 2. The summed E-state index contributed by atoms with van der Waals surface area (Å²) in [6, 6.07) is 19.4. The number of hydroxylamine groups is 2. The number of ether oxygens (including phenoxy) is 1. The van der Waals surface area contributed by atoms with Crippen LogP contribution in [0.15, 0.2) is 72.9 Å². The number of nitrogens with one attached hydrogen (secondary N) is 1. The molecule has 1 atom stereocenters. The minimum atomic E-state index is -0.996. The molecule has 0 aliphatic rings. The molecule has 3 rings (SSSR count). The summed E-state index contributed by atoms with van der Waals surface area (Å²) in [6.45, 7) is 1.49. The molecular formula is C24H25N3O5. The lowest BCUT2D eigenvalue weighted by Gasteiger charge is -2.28. The van der Waals surface area contributed by atoms with E-state index >= 15 is 0 Å². The Hall–Kier alpha value is -3.91. The number of amides is 1. The minimum absolute atomic E-state index is 0.105. The molecule has 0 spiro atoms. The van der Waals surface area contributed by atoms with E-state index in [0.717, 1.165) is 11.1 Å². The molecule has 0 bridgehead atoms. The van der Waals surface area contributed by atoms with Crippen LogP contribution in [-0.4, -0.2) is 47.2 Å². The standard InChI is InChI=1S/C24H25N3O5/c1-16(26-23(29)20-22(28)19(31-3)14-15-25-20)24(30)32-27(2)21(17-10-6-4-7-11-17)18-12-8-5-9-13-18/h4-16,21,28H,1-3H3,(H,26,29). The molecule has 0 saturated heterocycles. The minimum Gasteiger partial charge on any atom is -0.503 e. The van der Waals surface area contributed by atoms with Gasteiger partial charge in [0.2, 0.25) is 0 Å². The molecule has 32 heavy (non-hydrogen) atoms.